The van der Waals surface area contributed by atoms with Gasteiger partial charge in [0.05, 0.1) is 0 Å². The molecule has 90 valence electrons. The number of fused-ring (bicyclic) bond motifs is 1. The van der Waals surface area contributed by atoms with E-state index in [4.69, 9.17) is 9.47 Å². The van der Waals surface area contributed by atoms with Crippen molar-refractivity contribution in [2.75, 3.05) is 24.8 Å². The van der Waals surface area contributed by atoms with Gasteiger partial charge in [0.25, 0.3) is 0 Å². The van der Waals surface area contributed by atoms with Crippen LogP contribution >= 0.6 is 0 Å². The van der Waals surface area contributed by atoms with E-state index in [0.29, 0.717) is 6.79 Å². The summed E-state index contributed by atoms with van der Waals surface area (Å²) in [6.45, 7) is 2.11. The number of carbonyl (C=O) groups is 1. The Labute approximate surface area is 100 Å². The molecule has 1 aromatic carbocycles. The average molecular weight is 233 g/mol. The zero-order valence-corrected chi connectivity index (χ0v) is 9.59. The first-order valence-corrected chi connectivity index (χ1v) is 5.97. The molecule has 0 amide bonds. The highest BCUT2D eigenvalue weighted by atomic mass is 16.7. The molecule has 4 heteroatoms. The number of ether oxygens (including phenoxy) is 2. The number of aldehydes is 1. The minimum Gasteiger partial charge on any atom is -0.454 e. The maximum Gasteiger partial charge on any atom is 0.231 e. The van der Waals surface area contributed by atoms with E-state index in [0.717, 1.165) is 49.4 Å². The van der Waals surface area contributed by atoms with E-state index in [2.05, 4.69) is 4.90 Å². The van der Waals surface area contributed by atoms with Crippen LogP contribution in [0.15, 0.2) is 18.2 Å². The molecule has 0 spiro atoms. The molecule has 0 saturated carbocycles. The fourth-order valence-electron chi connectivity index (χ4n) is 2.44. The fraction of sp³-hybridized carbons (Fsp3) is 0.462. The Kier molecular flexibility index (Phi) is 2.63. The number of carbonyl (C=O) groups excluding carboxylic acids is 1. The smallest absolute Gasteiger partial charge is 0.231 e. The molecule has 1 aromatic rings. The van der Waals surface area contributed by atoms with Crippen molar-refractivity contribution in [2.24, 2.45) is 5.92 Å². The third-order valence-corrected chi connectivity index (χ3v) is 3.37. The second-order valence-corrected chi connectivity index (χ2v) is 4.52. The van der Waals surface area contributed by atoms with Gasteiger partial charge < -0.3 is 19.2 Å². The van der Waals surface area contributed by atoms with E-state index in [1.807, 2.05) is 18.2 Å². The molecule has 2 aliphatic heterocycles. The van der Waals surface area contributed by atoms with Gasteiger partial charge in [0, 0.05) is 30.8 Å². The minimum absolute atomic E-state index is 0.161. The molecule has 0 aliphatic carbocycles. The maximum absolute atomic E-state index is 10.9. The summed E-state index contributed by atoms with van der Waals surface area (Å²) in [7, 11) is 0. The molecule has 2 heterocycles. The molecule has 1 fully saturated rings. The van der Waals surface area contributed by atoms with E-state index < -0.39 is 0 Å². The molecule has 0 N–H and O–H groups in total. The van der Waals surface area contributed by atoms with Gasteiger partial charge in [-0.05, 0) is 25.0 Å². The molecule has 1 saturated heterocycles. The first kappa shape index (κ1) is 10.4. The molecule has 1 unspecified atom stereocenters. The van der Waals surface area contributed by atoms with Crippen LogP contribution in [0.1, 0.15) is 12.8 Å². The van der Waals surface area contributed by atoms with Crippen molar-refractivity contribution in [3.63, 3.8) is 0 Å². The van der Waals surface area contributed by atoms with Crippen LogP contribution in [0.25, 0.3) is 0 Å². The minimum atomic E-state index is 0.161. The van der Waals surface area contributed by atoms with Crippen LogP contribution in [-0.4, -0.2) is 26.2 Å². The normalized spacial score (nSPS) is 22.6. The van der Waals surface area contributed by atoms with Crippen molar-refractivity contribution in [1.82, 2.24) is 0 Å². The highest BCUT2D eigenvalue weighted by molar-refractivity contribution is 5.60. The third kappa shape index (κ3) is 1.95. The third-order valence-electron chi connectivity index (χ3n) is 3.37. The van der Waals surface area contributed by atoms with Crippen molar-refractivity contribution in [3.05, 3.63) is 18.2 Å². The van der Waals surface area contributed by atoms with Gasteiger partial charge in [-0.1, -0.05) is 0 Å². The molecule has 3 rings (SSSR count). The summed E-state index contributed by atoms with van der Waals surface area (Å²) in [6, 6.07) is 5.96. The first-order valence-electron chi connectivity index (χ1n) is 5.97. The molecule has 17 heavy (non-hydrogen) atoms. The topological polar surface area (TPSA) is 38.8 Å². The van der Waals surface area contributed by atoms with E-state index >= 15 is 0 Å². The van der Waals surface area contributed by atoms with Crippen molar-refractivity contribution in [2.45, 2.75) is 12.8 Å². The monoisotopic (exact) mass is 233 g/mol. The van der Waals surface area contributed by atoms with Gasteiger partial charge in [0.15, 0.2) is 11.5 Å². The summed E-state index contributed by atoms with van der Waals surface area (Å²) in [5.41, 5.74) is 1.11. The Hall–Kier alpha value is -1.71. The predicted molar refractivity (Wildman–Crippen MR) is 63.6 cm³/mol. The van der Waals surface area contributed by atoms with Crippen molar-refractivity contribution >= 4 is 12.0 Å². The second-order valence-electron chi connectivity index (χ2n) is 4.52. The largest absolute Gasteiger partial charge is 0.454 e. The maximum atomic E-state index is 10.9. The molecule has 1 atom stereocenters. The van der Waals surface area contributed by atoms with Crippen LogP contribution in [-0.2, 0) is 4.79 Å². The van der Waals surface area contributed by atoms with E-state index in [1.54, 1.807) is 0 Å². The predicted octanol–water partition coefficient (Wildman–Crippen LogP) is 1.83. The van der Waals surface area contributed by atoms with Gasteiger partial charge in [-0.2, -0.15) is 0 Å². The number of rotatable bonds is 2. The zero-order chi connectivity index (χ0) is 11.7. The quantitative estimate of drug-likeness (QED) is 0.730. The van der Waals surface area contributed by atoms with Crippen LogP contribution in [0.4, 0.5) is 5.69 Å². The highest BCUT2D eigenvalue weighted by Gasteiger charge is 2.21. The number of hydrogen-bond acceptors (Lipinski definition) is 4. The SMILES string of the molecule is O=CC1CCCN(c2ccc3c(c2)OCO3)C1. The first-order chi connectivity index (χ1) is 8.36. The van der Waals surface area contributed by atoms with Crippen molar-refractivity contribution < 1.29 is 14.3 Å². The number of hydrogen-bond donors (Lipinski definition) is 0. The molecular formula is C13H15NO3. The zero-order valence-electron chi connectivity index (χ0n) is 9.59. The van der Waals surface area contributed by atoms with Crippen LogP contribution in [0.2, 0.25) is 0 Å². The molecule has 4 nitrogen and oxygen atoms in total. The second kappa shape index (κ2) is 4.28. The number of nitrogens with zero attached hydrogens (tertiary/aromatic N) is 1. The van der Waals surface area contributed by atoms with E-state index in [-0.39, 0.29) is 5.92 Å². The van der Waals surface area contributed by atoms with E-state index in [1.165, 1.54) is 0 Å². The van der Waals surface area contributed by atoms with Crippen LogP contribution in [0.3, 0.4) is 0 Å². The van der Waals surface area contributed by atoms with Crippen LogP contribution < -0.4 is 14.4 Å². The van der Waals surface area contributed by atoms with Crippen LogP contribution in [0.5, 0.6) is 11.5 Å². The van der Waals surface area contributed by atoms with Gasteiger partial charge >= 0.3 is 0 Å². The standard InChI is InChI=1S/C13H15NO3/c15-8-10-2-1-5-14(7-10)11-3-4-12-13(6-11)17-9-16-12/h3-4,6,8,10H,1-2,5,7,9H2. The Bertz CT molecular complexity index is 433. The summed E-state index contributed by atoms with van der Waals surface area (Å²) in [4.78, 5) is 13.1. The summed E-state index contributed by atoms with van der Waals surface area (Å²) >= 11 is 0. The van der Waals surface area contributed by atoms with E-state index in [9.17, 15) is 4.79 Å². The Balaban J connectivity index is 1.81. The molecule has 0 bridgehead atoms. The Morgan fingerprint density at radius 3 is 3.06 bits per heavy atom. The fourth-order valence-corrected chi connectivity index (χ4v) is 2.44. The van der Waals surface area contributed by atoms with Crippen molar-refractivity contribution in [1.29, 1.82) is 0 Å². The molecule has 0 aromatic heterocycles. The average Bonchev–Trinajstić information content (AvgIpc) is 2.86. The lowest BCUT2D eigenvalue weighted by Crippen LogP contribution is -2.35. The summed E-state index contributed by atoms with van der Waals surface area (Å²) < 4.78 is 10.7. The number of benzene rings is 1. The lowest BCUT2D eigenvalue weighted by Gasteiger charge is -2.32. The number of anilines is 1. The molecular weight excluding hydrogens is 218 g/mol. The Morgan fingerprint density at radius 2 is 2.18 bits per heavy atom. The summed E-state index contributed by atoms with van der Waals surface area (Å²) in [5.74, 6) is 1.77. The lowest BCUT2D eigenvalue weighted by atomic mass is 9.99. The Morgan fingerprint density at radius 1 is 1.29 bits per heavy atom. The van der Waals surface area contributed by atoms with Gasteiger partial charge in [0.1, 0.15) is 6.29 Å². The van der Waals surface area contributed by atoms with Gasteiger partial charge in [0.2, 0.25) is 6.79 Å². The molecule has 0 radical (unpaired) electrons. The van der Waals surface area contributed by atoms with Crippen LogP contribution in [0, 0.1) is 5.92 Å². The van der Waals surface area contributed by atoms with Gasteiger partial charge in [-0.3, -0.25) is 0 Å². The summed E-state index contributed by atoms with van der Waals surface area (Å²) in [5, 5.41) is 0. The van der Waals surface area contributed by atoms with Gasteiger partial charge in [-0.15, -0.1) is 0 Å². The highest BCUT2D eigenvalue weighted by Crippen LogP contribution is 2.36. The summed E-state index contributed by atoms with van der Waals surface area (Å²) in [6.07, 6.45) is 3.14. The lowest BCUT2D eigenvalue weighted by molar-refractivity contribution is -0.111. The van der Waals surface area contributed by atoms with Gasteiger partial charge in [-0.25, -0.2) is 0 Å². The molecule has 2 aliphatic rings. The van der Waals surface area contributed by atoms with Crippen molar-refractivity contribution in [3.8, 4) is 11.5 Å². The number of piperidine rings is 1.